The molecule has 0 bridgehead atoms. The van der Waals surface area contributed by atoms with Gasteiger partial charge < -0.3 is 10.0 Å². The molecule has 2 aliphatic heterocycles. The minimum atomic E-state index is -0.952. The first-order valence-electron chi connectivity index (χ1n) is 14.3. The Kier molecular flexibility index (Phi) is 7.84. The average molecular weight is 571 g/mol. The van der Waals surface area contributed by atoms with Gasteiger partial charge in [0.2, 0.25) is 0 Å². The SMILES string of the molecule is O=C(O)c1ccc(CN2CCC(c3c(C(=O)N4CCC(c5ccccc5)C4)cnn3-c3ccc(F)cc3F)CC2)cc1. The summed E-state index contributed by atoms with van der Waals surface area (Å²) in [6.07, 6.45) is 3.87. The lowest BCUT2D eigenvalue weighted by Crippen LogP contribution is -2.34. The van der Waals surface area contributed by atoms with Crippen molar-refractivity contribution in [3.05, 3.63) is 119 Å². The number of carbonyl (C=O) groups is 2. The molecule has 42 heavy (non-hydrogen) atoms. The van der Waals surface area contributed by atoms with Crippen LogP contribution in [0, 0.1) is 11.6 Å². The van der Waals surface area contributed by atoms with E-state index >= 15 is 0 Å². The predicted molar refractivity (Wildman–Crippen MR) is 154 cm³/mol. The highest BCUT2D eigenvalue weighted by Crippen LogP contribution is 2.35. The number of rotatable bonds is 7. The van der Waals surface area contributed by atoms with Crippen LogP contribution >= 0.6 is 0 Å². The number of hydrogen-bond donors (Lipinski definition) is 1. The fourth-order valence-corrected chi connectivity index (χ4v) is 6.25. The van der Waals surface area contributed by atoms with Crippen molar-refractivity contribution < 1.29 is 23.5 Å². The van der Waals surface area contributed by atoms with Gasteiger partial charge in [0, 0.05) is 37.5 Å². The minimum Gasteiger partial charge on any atom is -0.478 e. The molecule has 216 valence electrons. The Morgan fingerprint density at radius 2 is 1.60 bits per heavy atom. The summed E-state index contributed by atoms with van der Waals surface area (Å²) in [4.78, 5) is 29.2. The molecule has 1 unspecified atom stereocenters. The van der Waals surface area contributed by atoms with Gasteiger partial charge in [0.15, 0.2) is 5.82 Å². The van der Waals surface area contributed by atoms with Gasteiger partial charge >= 0.3 is 5.97 Å². The summed E-state index contributed by atoms with van der Waals surface area (Å²) in [7, 11) is 0. The smallest absolute Gasteiger partial charge is 0.335 e. The second-order valence-electron chi connectivity index (χ2n) is 11.2. The van der Waals surface area contributed by atoms with Crippen LogP contribution in [0.1, 0.15) is 68.6 Å². The zero-order chi connectivity index (χ0) is 29.2. The summed E-state index contributed by atoms with van der Waals surface area (Å²) in [5.74, 6) is -2.25. The van der Waals surface area contributed by atoms with Crippen LogP contribution in [0.15, 0.2) is 79.0 Å². The van der Waals surface area contributed by atoms with E-state index in [0.29, 0.717) is 30.9 Å². The van der Waals surface area contributed by atoms with Gasteiger partial charge in [-0.2, -0.15) is 5.10 Å². The monoisotopic (exact) mass is 570 g/mol. The van der Waals surface area contributed by atoms with Crippen LogP contribution in [0.2, 0.25) is 0 Å². The number of carboxylic acids is 1. The number of nitrogens with zero attached hydrogens (tertiary/aromatic N) is 4. The van der Waals surface area contributed by atoms with Crippen LogP contribution in [0.5, 0.6) is 0 Å². The number of halogens is 2. The van der Waals surface area contributed by atoms with Gasteiger partial charge in [-0.3, -0.25) is 9.69 Å². The molecule has 9 heteroatoms. The molecule has 3 aromatic carbocycles. The maximum atomic E-state index is 15.0. The van der Waals surface area contributed by atoms with Crippen LogP contribution in [-0.2, 0) is 6.54 Å². The van der Waals surface area contributed by atoms with Gasteiger partial charge in [-0.1, -0.05) is 42.5 Å². The maximum absolute atomic E-state index is 15.0. The highest BCUT2D eigenvalue weighted by molar-refractivity contribution is 5.95. The van der Waals surface area contributed by atoms with Crippen LogP contribution < -0.4 is 0 Å². The first kappa shape index (κ1) is 27.8. The Morgan fingerprint density at radius 3 is 2.29 bits per heavy atom. The minimum absolute atomic E-state index is 0.0472. The van der Waals surface area contributed by atoms with Crippen molar-refractivity contribution in [2.75, 3.05) is 26.2 Å². The first-order chi connectivity index (χ1) is 20.4. The van der Waals surface area contributed by atoms with E-state index in [1.165, 1.54) is 28.6 Å². The molecule has 0 aliphatic carbocycles. The number of piperidine rings is 1. The largest absolute Gasteiger partial charge is 0.478 e. The van der Waals surface area contributed by atoms with Crippen molar-refractivity contribution in [2.45, 2.75) is 37.6 Å². The van der Waals surface area contributed by atoms with E-state index in [9.17, 15) is 18.4 Å². The molecule has 1 N–H and O–H groups in total. The number of carboxylic acid groups (broad SMARTS) is 1. The van der Waals surface area contributed by atoms with Gasteiger partial charge in [0.05, 0.1) is 23.0 Å². The zero-order valence-corrected chi connectivity index (χ0v) is 23.1. The molecule has 1 atom stereocenters. The third-order valence-corrected chi connectivity index (χ3v) is 8.50. The maximum Gasteiger partial charge on any atom is 0.335 e. The summed E-state index contributed by atoms with van der Waals surface area (Å²) >= 11 is 0. The van der Waals surface area contributed by atoms with E-state index < -0.39 is 17.6 Å². The molecule has 0 spiro atoms. The van der Waals surface area contributed by atoms with E-state index in [0.717, 1.165) is 44.0 Å². The molecule has 1 amide bonds. The van der Waals surface area contributed by atoms with Gasteiger partial charge in [0.25, 0.3) is 5.91 Å². The number of aromatic nitrogens is 2. The van der Waals surface area contributed by atoms with Crippen LogP contribution in [0.4, 0.5) is 8.78 Å². The van der Waals surface area contributed by atoms with Crippen molar-refractivity contribution in [1.82, 2.24) is 19.6 Å². The van der Waals surface area contributed by atoms with Crippen LogP contribution in [0.25, 0.3) is 5.69 Å². The second-order valence-corrected chi connectivity index (χ2v) is 11.2. The highest BCUT2D eigenvalue weighted by Gasteiger charge is 2.34. The van der Waals surface area contributed by atoms with Gasteiger partial charge in [-0.25, -0.2) is 18.3 Å². The molecular formula is C33H32F2N4O3. The molecule has 0 saturated carbocycles. The van der Waals surface area contributed by atoms with E-state index in [1.807, 2.05) is 35.2 Å². The lowest BCUT2D eigenvalue weighted by Gasteiger charge is -2.33. The van der Waals surface area contributed by atoms with E-state index in [1.54, 1.807) is 12.1 Å². The lowest BCUT2D eigenvalue weighted by atomic mass is 9.90. The van der Waals surface area contributed by atoms with Crippen molar-refractivity contribution in [1.29, 1.82) is 0 Å². The summed E-state index contributed by atoms with van der Waals surface area (Å²) < 4.78 is 30.2. The normalized spacial score (nSPS) is 18.0. The molecule has 4 aromatic rings. The second kappa shape index (κ2) is 11.9. The van der Waals surface area contributed by atoms with Crippen molar-refractivity contribution in [3.8, 4) is 5.69 Å². The Bertz CT molecular complexity index is 1580. The molecule has 1 aromatic heterocycles. The Morgan fingerprint density at radius 1 is 0.881 bits per heavy atom. The van der Waals surface area contributed by atoms with E-state index in [-0.39, 0.29) is 29.0 Å². The number of amides is 1. The zero-order valence-electron chi connectivity index (χ0n) is 23.1. The van der Waals surface area contributed by atoms with Gasteiger partial charge in [0.1, 0.15) is 11.5 Å². The fourth-order valence-electron chi connectivity index (χ4n) is 6.25. The lowest BCUT2D eigenvalue weighted by molar-refractivity contribution is 0.0696. The average Bonchev–Trinajstić information content (AvgIpc) is 3.67. The van der Waals surface area contributed by atoms with Gasteiger partial charge in [-0.15, -0.1) is 0 Å². The number of hydrogen-bond acceptors (Lipinski definition) is 4. The summed E-state index contributed by atoms with van der Waals surface area (Å²) in [5.41, 5.74) is 3.74. The van der Waals surface area contributed by atoms with Crippen LogP contribution in [0.3, 0.4) is 0 Å². The Labute approximate surface area is 243 Å². The van der Waals surface area contributed by atoms with Crippen molar-refractivity contribution in [3.63, 3.8) is 0 Å². The quantitative estimate of drug-likeness (QED) is 0.301. The highest BCUT2D eigenvalue weighted by atomic mass is 19.1. The Balaban J connectivity index is 1.23. The number of benzene rings is 3. The fraction of sp³-hybridized carbons (Fsp3) is 0.303. The van der Waals surface area contributed by atoms with Crippen molar-refractivity contribution in [2.24, 2.45) is 0 Å². The van der Waals surface area contributed by atoms with Crippen LogP contribution in [-0.4, -0.2) is 62.7 Å². The number of aromatic carboxylic acids is 1. The molecule has 0 radical (unpaired) electrons. The third kappa shape index (κ3) is 5.69. The first-order valence-corrected chi connectivity index (χ1v) is 14.3. The molecule has 6 rings (SSSR count). The Hall–Kier alpha value is -4.37. The van der Waals surface area contributed by atoms with E-state index in [4.69, 9.17) is 5.11 Å². The number of carbonyl (C=O) groups excluding carboxylic acids is 1. The molecule has 2 fully saturated rings. The topological polar surface area (TPSA) is 78.7 Å². The van der Waals surface area contributed by atoms with Gasteiger partial charge in [-0.05, 0) is 67.7 Å². The summed E-state index contributed by atoms with van der Waals surface area (Å²) in [5, 5.41) is 13.6. The third-order valence-electron chi connectivity index (χ3n) is 8.50. The predicted octanol–water partition coefficient (Wildman–Crippen LogP) is 5.86. The summed E-state index contributed by atoms with van der Waals surface area (Å²) in [6.45, 7) is 3.41. The molecule has 3 heterocycles. The standard InChI is InChI=1S/C33H32F2N4O3/c34-27-10-11-30(29(35)18-27)39-31(24-12-15-37(16-13-24)20-22-6-8-25(9-7-22)33(41)42)28(19-36-39)32(40)38-17-14-26(21-38)23-4-2-1-3-5-23/h1-11,18-19,24,26H,12-17,20-21H2,(H,41,42). The van der Waals surface area contributed by atoms with E-state index in [2.05, 4.69) is 22.1 Å². The molecule has 2 aliphatic rings. The molecular weight excluding hydrogens is 538 g/mol. The van der Waals surface area contributed by atoms with Crippen molar-refractivity contribution >= 4 is 11.9 Å². The summed E-state index contributed by atoms with van der Waals surface area (Å²) in [6, 6.07) is 20.5. The molecule has 7 nitrogen and oxygen atoms in total. The molecule has 2 saturated heterocycles. The number of likely N-dealkylation sites (tertiary alicyclic amines) is 2.